The van der Waals surface area contributed by atoms with E-state index in [4.69, 9.17) is 4.42 Å². The van der Waals surface area contributed by atoms with E-state index in [1.807, 2.05) is 4.90 Å². The molecule has 2 aromatic heterocycles. The van der Waals surface area contributed by atoms with Crippen LogP contribution in [0.3, 0.4) is 0 Å². The lowest BCUT2D eigenvalue weighted by Gasteiger charge is -2.36. The van der Waals surface area contributed by atoms with Gasteiger partial charge in [-0.3, -0.25) is 14.2 Å². The third-order valence-electron chi connectivity index (χ3n) is 5.29. The van der Waals surface area contributed by atoms with Crippen molar-refractivity contribution < 1.29 is 13.6 Å². The SMILES string of the molecule is Cc1oc2ncn(CC(=O)N3CCN(c4ccccc4F)CC3)c(=O)c2c1C. The van der Waals surface area contributed by atoms with Crippen molar-refractivity contribution in [1.29, 1.82) is 0 Å². The Morgan fingerprint density at radius 1 is 1.18 bits per heavy atom. The van der Waals surface area contributed by atoms with Crippen LogP contribution >= 0.6 is 0 Å². The molecule has 0 bridgehead atoms. The molecule has 1 fully saturated rings. The van der Waals surface area contributed by atoms with Crippen molar-refractivity contribution in [3.05, 3.63) is 58.1 Å². The molecule has 0 aliphatic carbocycles. The Morgan fingerprint density at radius 2 is 1.89 bits per heavy atom. The third kappa shape index (κ3) is 3.15. The minimum atomic E-state index is -0.280. The lowest BCUT2D eigenvalue weighted by Crippen LogP contribution is -2.50. The molecule has 8 heteroatoms. The monoisotopic (exact) mass is 384 g/mol. The van der Waals surface area contributed by atoms with Crippen LogP contribution in [0.4, 0.5) is 10.1 Å². The number of hydrogen-bond acceptors (Lipinski definition) is 5. The van der Waals surface area contributed by atoms with E-state index < -0.39 is 0 Å². The number of anilines is 1. The topological polar surface area (TPSA) is 71.6 Å². The lowest BCUT2D eigenvalue weighted by molar-refractivity contribution is -0.132. The van der Waals surface area contributed by atoms with Crippen LogP contribution in [-0.4, -0.2) is 46.5 Å². The minimum absolute atomic E-state index is 0.0782. The van der Waals surface area contributed by atoms with Crippen molar-refractivity contribution in [2.24, 2.45) is 0 Å². The Bertz CT molecular complexity index is 1100. The molecule has 0 spiro atoms. The molecule has 0 unspecified atom stereocenters. The van der Waals surface area contributed by atoms with Crippen molar-refractivity contribution in [3.8, 4) is 0 Å². The van der Waals surface area contributed by atoms with E-state index >= 15 is 0 Å². The Morgan fingerprint density at radius 3 is 2.61 bits per heavy atom. The Hall–Kier alpha value is -3.16. The fraction of sp³-hybridized carbons (Fsp3) is 0.350. The molecule has 7 nitrogen and oxygen atoms in total. The van der Waals surface area contributed by atoms with Gasteiger partial charge in [-0.05, 0) is 26.0 Å². The molecule has 0 atom stereocenters. The molecule has 3 aromatic rings. The highest BCUT2D eigenvalue weighted by Gasteiger charge is 2.23. The first kappa shape index (κ1) is 18.2. The molecule has 0 N–H and O–H groups in total. The molecule has 1 aliphatic heterocycles. The largest absolute Gasteiger partial charge is 0.443 e. The zero-order valence-electron chi connectivity index (χ0n) is 15.8. The number of carbonyl (C=O) groups is 1. The van der Waals surface area contributed by atoms with E-state index in [1.54, 1.807) is 36.9 Å². The minimum Gasteiger partial charge on any atom is -0.443 e. The summed E-state index contributed by atoms with van der Waals surface area (Å²) >= 11 is 0. The van der Waals surface area contributed by atoms with Gasteiger partial charge in [-0.2, -0.15) is 0 Å². The number of furan rings is 1. The first-order valence-electron chi connectivity index (χ1n) is 9.18. The van der Waals surface area contributed by atoms with Gasteiger partial charge in [0.1, 0.15) is 29.8 Å². The standard InChI is InChI=1S/C20H21FN4O3/c1-13-14(2)28-19-18(13)20(27)25(12-22-19)11-17(26)24-9-7-23(8-10-24)16-6-4-3-5-15(16)21/h3-6,12H,7-11H2,1-2H3. The second-order valence-electron chi connectivity index (χ2n) is 6.96. The highest BCUT2D eigenvalue weighted by molar-refractivity contribution is 5.79. The summed E-state index contributed by atoms with van der Waals surface area (Å²) in [6.07, 6.45) is 1.35. The van der Waals surface area contributed by atoms with Gasteiger partial charge in [0, 0.05) is 31.7 Å². The second kappa shape index (κ2) is 7.10. The van der Waals surface area contributed by atoms with Crippen LogP contribution in [0, 0.1) is 19.7 Å². The molecule has 1 amide bonds. The molecular formula is C20H21FN4O3. The zero-order valence-corrected chi connectivity index (χ0v) is 15.8. The molecule has 28 heavy (non-hydrogen) atoms. The van der Waals surface area contributed by atoms with Gasteiger partial charge in [-0.15, -0.1) is 0 Å². The van der Waals surface area contributed by atoms with E-state index in [-0.39, 0.29) is 23.8 Å². The maximum Gasteiger partial charge on any atom is 0.265 e. The molecule has 1 saturated heterocycles. The average Bonchev–Trinajstić information content (AvgIpc) is 2.99. The van der Waals surface area contributed by atoms with Crippen LogP contribution in [0.2, 0.25) is 0 Å². The zero-order chi connectivity index (χ0) is 19.8. The second-order valence-corrected chi connectivity index (χ2v) is 6.96. The number of fused-ring (bicyclic) bond motifs is 1. The summed E-state index contributed by atoms with van der Waals surface area (Å²) in [5.41, 5.74) is 1.30. The number of aryl methyl sites for hydroxylation is 2. The van der Waals surface area contributed by atoms with Crippen molar-refractivity contribution in [2.75, 3.05) is 31.1 Å². The van der Waals surface area contributed by atoms with Crippen molar-refractivity contribution in [3.63, 3.8) is 0 Å². The summed E-state index contributed by atoms with van der Waals surface area (Å²) in [5, 5.41) is 0.414. The number of piperazine rings is 1. The fourth-order valence-corrected chi connectivity index (χ4v) is 3.53. The molecular weight excluding hydrogens is 363 g/mol. The summed E-state index contributed by atoms with van der Waals surface area (Å²) in [5.74, 6) is 0.223. The van der Waals surface area contributed by atoms with Crippen LogP contribution in [-0.2, 0) is 11.3 Å². The third-order valence-corrected chi connectivity index (χ3v) is 5.29. The predicted molar refractivity (Wildman–Crippen MR) is 103 cm³/mol. The number of benzene rings is 1. The number of nitrogens with zero attached hydrogens (tertiary/aromatic N) is 4. The number of rotatable bonds is 3. The number of amides is 1. The summed E-state index contributed by atoms with van der Waals surface area (Å²) in [7, 11) is 0. The molecule has 4 rings (SSSR count). The van der Waals surface area contributed by atoms with Crippen LogP contribution in [0.25, 0.3) is 11.1 Å². The van der Waals surface area contributed by atoms with Crippen molar-refractivity contribution >= 4 is 22.7 Å². The molecule has 1 aliphatic rings. The first-order chi connectivity index (χ1) is 13.5. The van der Waals surface area contributed by atoms with Crippen LogP contribution in [0.5, 0.6) is 0 Å². The summed E-state index contributed by atoms with van der Waals surface area (Å²) < 4.78 is 20.7. The van der Waals surface area contributed by atoms with E-state index in [0.717, 1.165) is 5.56 Å². The molecule has 3 heterocycles. The number of carbonyl (C=O) groups excluding carboxylic acids is 1. The quantitative estimate of drug-likeness (QED) is 0.692. The summed E-state index contributed by atoms with van der Waals surface area (Å²) in [4.78, 5) is 33.2. The van der Waals surface area contributed by atoms with Crippen molar-refractivity contribution in [2.45, 2.75) is 20.4 Å². The smallest absolute Gasteiger partial charge is 0.265 e. The summed E-state index contributed by atoms with van der Waals surface area (Å²) in [6.45, 7) is 5.53. The number of para-hydroxylation sites is 1. The Balaban J connectivity index is 1.46. The van der Waals surface area contributed by atoms with Crippen LogP contribution in [0.1, 0.15) is 11.3 Å². The summed E-state index contributed by atoms with van der Waals surface area (Å²) in [6, 6.07) is 6.62. The fourth-order valence-electron chi connectivity index (χ4n) is 3.53. The van der Waals surface area contributed by atoms with E-state index in [0.29, 0.717) is 48.7 Å². The van der Waals surface area contributed by atoms with Gasteiger partial charge < -0.3 is 14.2 Å². The molecule has 0 saturated carbocycles. The van der Waals surface area contributed by atoms with Crippen LogP contribution < -0.4 is 10.5 Å². The van der Waals surface area contributed by atoms with E-state index in [1.165, 1.54) is 17.0 Å². The maximum absolute atomic E-state index is 13.9. The van der Waals surface area contributed by atoms with Gasteiger partial charge >= 0.3 is 0 Å². The van der Waals surface area contributed by atoms with Gasteiger partial charge in [-0.25, -0.2) is 9.37 Å². The number of halogens is 1. The van der Waals surface area contributed by atoms with Gasteiger partial charge in [0.15, 0.2) is 0 Å². The van der Waals surface area contributed by atoms with E-state index in [9.17, 15) is 14.0 Å². The average molecular weight is 384 g/mol. The first-order valence-corrected chi connectivity index (χ1v) is 9.18. The molecule has 1 aromatic carbocycles. The van der Waals surface area contributed by atoms with Gasteiger partial charge in [-0.1, -0.05) is 12.1 Å². The molecule has 0 radical (unpaired) electrons. The predicted octanol–water partition coefficient (Wildman–Crippen LogP) is 2.09. The maximum atomic E-state index is 13.9. The number of aromatic nitrogens is 2. The Kier molecular flexibility index (Phi) is 4.62. The van der Waals surface area contributed by atoms with Crippen LogP contribution in [0.15, 0.2) is 39.8 Å². The van der Waals surface area contributed by atoms with Gasteiger partial charge in [0.05, 0.1) is 5.69 Å². The number of hydrogen-bond donors (Lipinski definition) is 0. The highest BCUT2D eigenvalue weighted by atomic mass is 19.1. The van der Waals surface area contributed by atoms with Gasteiger partial charge in [0.25, 0.3) is 5.56 Å². The van der Waals surface area contributed by atoms with E-state index in [2.05, 4.69) is 4.98 Å². The van der Waals surface area contributed by atoms with Crippen molar-refractivity contribution in [1.82, 2.24) is 14.5 Å². The molecule has 146 valence electrons. The normalized spacial score (nSPS) is 14.7. The Labute approximate surface area is 161 Å². The highest BCUT2D eigenvalue weighted by Crippen LogP contribution is 2.21. The van der Waals surface area contributed by atoms with Gasteiger partial charge in [0.2, 0.25) is 11.6 Å². The lowest BCUT2D eigenvalue weighted by atomic mass is 10.2.